The van der Waals surface area contributed by atoms with Crippen LogP contribution in [0.15, 0.2) is 35.4 Å². The molecule has 7 heteroatoms. The van der Waals surface area contributed by atoms with Crippen LogP contribution in [-0.2, 0) is 13.0 Å². The number of aryl methyl sites for hydroxylation is 1. The maximum atomic E-state index is 12.5. The van der Waals surface area contributed by atoms with Crippen molar-refractivity contribution in [3.8, 4) is 5.75 Å². The van der Waals surface area contributed by atoms with Gasteiger partial charge in [0.25, 0.3) is 5.56 Å². The summed E-state index contributed by atoms with van der Waals surface area (Å²) in [5.74, 6) is 0.624. The van der Waals surface area contributed by atoms with Gasteiger partial charge < -0.3 is 4.74 Å². The van der Waals surface area contributed by atoms with Crippen LogP contribution < -0.4 is 10.3 Å². The number of aromatic nitrogens is 3. The number of hydrogen-bond acceptors (Lipinski definition) is 4. The first kappa shape index (κ1) is 16.7. The quantitative estimate of drug-likeness (QED) is 0.708. The SMILES string of the molecule is CCn1nc(Cc2c(Cl)cncc2Cl)c2ccc(OC)cc2c1=O. The Morgan fingerprint density at radius 1 is 1.17 bits per heavy atom. The van der Waals surface area contributed by atoms with E-state index in [0.717, 1.165) is 16.6 Å². The molecule has 3 rings (SSSR count). The molecule has 0 amide bonds. The lowest BCUT2D eigenvalue weighted by Gasteiger charge is -2.12. The second kappa shape index (κ2) is 6.79. The van der Waals surface area contributed by atoms with Crippen molar-refractivity contribution in [1.82, 2.24) is 14.8 Å². The summed E-state index contributed by atoms with van der Waals surface area (Å²) >= 11 is 12.4. The van der Waals surface area contributed by atoms with Crippen LogP contribution in [0.5, 0.6) is 5.75 Å². The van der Waals surface area contributed by atoms with E-state index in [1.165, 1.54) is 4.68 Å². The summed E-state index contributed by atoms with van der Waals surface area (Å²) in [4.78, 5) is 16.5. The van der Waals surface area contributed by atoms with E-state index < -0.39 is 0 Å². The molecule has 0 saturated heterocycles. The molecule has 0 fully saturated rings. The minimum atomic E-state index is -0.151. The Kier molecular flexibility index (Phi) is 4.73. The van der Waals surface area contributed by atoms with Crippen molar-refractivity contribution < 1.29 is 4.74 Å². The molecule has 0 unspecified atom stereocenters. The molecule has 0 radical (unpaired) electrons. The molecule has 0 aliphatic heterocycles. The van der Waals surface area contributed by atoms with Crippen molar-refractivity contribution in [3.05, 3.63) is 62.2 Å². The lowest BCUT2D eigenvalue weighted by atomic mass is 10.0. The van der Waals surface area contributed by atoms with Crippen molar-refractivity contribution in [2.24, 2.45) is 0 Å². The molecule has 0 aliphatic carbocycles. The normalized spacial score (nSPS) is 11.0. The van der Waals surface area contributed by atoms with E-state index in [4.69, 9.17) is 27.9 Å². The lowest BCUT2D eigenvalue weighted by molar-refractivity contribution is 0.415. The third kappa shape index (κ3) is 2.97. The smallest absolute Gasteiger partial charge is 0.274 e. The summed E-state index contributed by atoms with van der Waals surface area (Å²) in [5, 5.41) is 6.74. The molecule has 0 spiro atoms. The number of halogens is 2. The fourth-order valence-corrected chi connectivity index (χ4v) is 3.08. The van der Waals surface area contributed by atoms with Gasteiger partial charge in [-0.25, -0.2) is 4.68 Å². The van der Waals surface area contributed by atoms with Gasteiger partial charge in [0.05, 0.1) is 28.2 Å². The number of hydrogen-bond donors (Lipinski definition) is 0. The first-order chi connectivity index (χ1) is 11.5. The average Bonchev–Trinajstić information content (AvgIpc) is 2.59. The predicted molar refractivity (Wildman–Crippen MR) is 95.3 cm³/mol. The van der Waals surface area contributed by atoms with E-state index in [2.05, 4.69) is 10.1 Å². The van der Waals surface area contributed by atoms with E-state index in [9.17, 15) is 4.79 Å². The maximum Gasteiger partial charge on any atom is 0.274 e. The van der Waals surface area contributed by atoms with E-state index in [1.807, 2.05) is 13.0 Å². The van der Waals surface area contributed by atoms with Crippen LogP contribution in [0, 0.1) is 0 Å². The van der Waals surface area contributed by atoms with Crippen LogP contribution in [0.1, 0.15) is 18.2 Å². The zero-order chi connectivity index (χ0) is 17.3. The van der Waals surface area contributed by atoms with Crippen molar-refractivity contribution in [1.29, 1.82) is 0 Å². The molecule has 1 aromatic carbocycles. The minimum Gasteiger partial charge on any atom is -0.497 e. The Morgan fingerprint density at radius 3 is 2.50 bits per heavy atom. The second-order valence-electron chi connectivity index (χ2n) is 5.24. The average molecular weight is 364 g/mol. The Bertz CT molecular complexity index is 950. The summed E-state index contributed by atoms with van der Waals surface area (Å²) in [6.07, 6.45) is 3.50. The van der Waals surface area contributed by atoms with Gasteiger partial charge in [-0.15, -0.1) is 0 Å². The first-order valence-electron chi connectivity index (χ1n) is 7.40. The largest absolute Gasteiger partial charge is 0.497 e. The van der Waals surface area contributed by atoms with Crippen LogP contribution >= 0.6 is 23.2 Å². The van der Waals surface area contributed by atoms with Gasteiger partial charge in [-0.3, -0.25) is 9.78 Å². The van der Waals surface area contributed by atoms with Gasteiger partial charge in [0.2, 0.25) is 0 Å². The molecule has 124 valence electrons. The van der Waals surface area contributed by atoms with Crippen LogP contribution in [-0.4, -0.2) is 21.9 Å². The Balaban J connectivity index is 2.24. The van der Waals surface area contributed by atoms with Crippen LogP contribution in [0.4, 0.5) is 0 Å². The number of fused-ring (bicyclic) bond motifs is 1. The number of pyridine rings is 1. The molecule has 0 N–H and O–H groups in total. The van der Waals surface area contributed by atoms with E-state index >= 15 is 0 Å². The lowest BCUT2D eigenvalue weighted by Crippen LogP contribution is -2.24. The highest BCUT2D eigenvalue weighted by Gasteiger charge is 2.15. The van der Waals surface area contributed by atoms with Crippen molar-refractivity contribution in [2.75, 3.05) is 7.11 Å². The topological polar surface area (TPSA) is 57.0 Å². The molecule has 24 heavy (non-hydrogen) atoms. The molecule has 5 nitrogen and oxygen atoms in total. The van der Waals surface area contributed by atoms with Crippen LogP contribution in [0.2, 0.25) is 10.0 Å². The molecular formula is C17H15Cl2N3O2. The predicted octanol–water partition coefficient (Wildman–Crippen LogP) is 3.72. The third-order valence-electron chi connectivity index (χ3n) is 3.84. The monoisotopic (exact) mass is 363 g/mol. The fourth-order valence-electron chi connectivity index (χ4n) is 2.58. The molecule has 2 aromatic heterocycles. The number of methoxy groups -OCH3 is 1. The Labute approximate surface area is 148 Å². The zero-order valence-corrected chi connectivity index (χ0v) is 14.7. The molecular weight excluding hydrogens is 349 g/mol. The summed E-state index contributed by atoms with van der Waals surface area (Å²) < 4.78 is 6.66. The second-order valence-corrected chi connectivity index (χ2v) is 6.05. The van der Waals surface area contributed by atoms with Crippen LogP contribution in [0.3, 0.4) is 0 Å². The van der Waals surface area contributed by atoms with Gasteiger partial charge in [0.15, 0.2) is 0 Å². The Morgan fingerprint density at radius 2 is 1.88 bits per heavy atom. The highest BCUT2D eigenvalue weighted by Crippen LogP contribution is 2.28. The molecule has 0 atom stereocenters. The summed E-state index contributed by atoms with van der Waals surface area (Å²) in [6.45, 7) is 2.34. The van der Waals surface area contributed by atoms with Crippen molar-refractivity contribution in [3.63, 3.8) is 0 Å². The van der Waals surface area contributed by atoms with Gasteiger partial charge in [0, 0.05) is 30.7 Å². The maximum absolute atomic E-state index is 12.5. The minimum absolute atomic E-state index is 0.151. The molecule has 2 heterocycles. The fraction of sp³-hybridized carbons (Fsp3) is 0.235. The van der Waals surface area contributed by atoms with E-state index in [0.29, 0.717) is 34.1 Å². The van der Waals surface area contributed by atoms with Gasteiger partial charge in [-0.2, -0.15) is 5.10 Å². The van der Waals surface area contributed by atoms with Gasteiger partial charge in [-0.1, -0.05) is 23.2 Å². The molecule has 0 aliphatic rings. The highest BCUT2D eigenvalue weighted by atomic mass is 35.5. The third-order valence-corrected chi connectivity index (χ3v) is 4.49. The summed E-state index contributed by atoms with van der Waals surface area (Å²) in [7, 11) is 1.57. The Hall–Kier alpha value is -2.11. The highest BCUT2D eigenvalue weighted by molar-refractivity contribution is 6.35. The van der Waals surface area contributed by atoms with Crippen molar-refractivity contribution in [2.45, 2.75) is 19.9 Å². The standard InChI is InChI=1S/C17H15Cl2N3O2/c1-3-22-17(23)12-6-10(24-2)4-5-11(12)16(21-22)7-13-14(18)8-20-9-15(13)19/h4-6,8-9H,3,7H2,1-2H3. The van der Waals surface area contributed by atoms with E-state index in [1.54, 1.807) is 31.6 Å². The first-order valence-corrected chi connectivity index (χ1v) is 8.16. The van der Waals surface area contributed by atoms with Gasteiger partial charge in [-0.05, 0) is 30.7 Å². The molecule has 0 bridgehead atoms. The number of rotatable bonds is 4. The van der Waals surface area contributed by atoms with E-state index in [-0.39, 0.29) is 5.56 Å². The molecule has 3 aromatic rings. The molecule has 0 saturated carbocycles. The van der Waals surface area contributed by atoms with Crippen LogP contribution in [0.25, 0.3) is 10.8 Å². The van der Waals surface area contributed by atoms with Gasteiger partial charge in [0.1, 0.15) is 5.75 Å². The number of ether oxygens (including phenoxy) is 1. The summed E-state index contributed by atoms with van der Waals surface area (Å²) in [6, 6.07) is 5.37. The number of benzene rings is 1. The van der Waals surface area contributed by atoms with Gasteiger partial charge >= 0.3 is 0 Å². The zero-order valence-electron chi connectivity index (χ0n) is 13.2. The summed E-state index contributed by atoms with van der Waals surface area (Å²) in [5.41, 5.74) is 1.31. The van der Waals surface area contributed by atoms with Crippen molar-refractivity contribution >= 4 is 34.0 Å². The number of nitrogens with zero attached hydrogens (tertiary/aromatic N) is 3.